The smallest absolute Gasteiger partial charge is 0.407 e. The molecule has 1 atom stereocenters. The van der Waals surface area contributed by atoms with E-state index in [1.807, 2.05) is 41.8 Å². The molecule has 0 aromatic heterocycles. The normalized spacial score (nSPS) is 13.7. The van der Waals surface area contributed by atoms with E-state index in [2.05, 4.69) is 10.2 Å². The molecule has 0 bridgehead atoms. The third-order valence-electron chi connectivity index (χ3n) is 2.00. The maximum absolute atomic E-state index is 11.4. The van der Waals surface area contributed by atoms with Crippen LogP contribution in [0.2, 0.25) is 0 Å². The summed E-state index contributed by atoms with van der Waals surface area (Å²) in [5, 5.41) is 2.78. The molecule has 1 N–H and O–H groups in total. The van der Waals surface area contributed by atoms with Crippen molar-refractivity contribution < 1.29 is 9.53 Å². The Kier molecular flexibility index (Phi) is 6.41. The van der Waals surface area contributed by atoms with Crippen molar-refractivity contribution in [1.29, 1.82) is 0 Å². The van der Waals surface area contributed by atoms with Crippen molar-refractivity contribution in [3.8, 4) is 0 Å². The van der Waals surface area contributed by atoms with Gasteiger partial charge in [-0.3, -0.25) is 0 Å². The van der Waals surface area contributed by atoms with Crippen molar-refractivity contribution in [3.05, 3.63) is 0 Å². The van der Waals surface area contributed by atoms with Crippen molar-refractivity contribution in [3.63, 3.8) is 0 Å². The quantitative estimate of drug-likeness (QED) is 0.787. The van der Waals surface area contributed by atoms with E-state index in [1.165, 1.54) is 0 Å². The van der Waals surface area contributed by atoms with E-state index >= 15 is 0 Å². The average Bonchev–Trinajstić information content (AvgIpc) is 1.98. The van der Waals surface area contributed by atoms with Gasteiger partial charge in [0.05, 0.1) is 0 Å². The first kappa shape index (κ1) is 15.2. The van der Waals surface area contributed by atoms with Crippen LogP contribution in [0.3, 0.4) is 0 Å². The second-order valence-corrected chi connectivity index (χ2v) is 5.54. The molecule has 0 radical (unpaired) electrons. The van der Waals surface area contributed by atoms with Gasteiger partial charge in [0.1, 0.15) is 6.10 Å². The summed E-state index contributed by atoms with van der Waals surface area (Å²) < 4.78 is 5.24. The summed E-state index contributed by atoms with van der Waals surface area (Å²) in [4.78, 5) is 13.5. The third kappa shape index (κ3) is 9.77. The molecule has 0 rings (SSSR count). The van der Waals surface area contributed by atoms with E-state index in [0.717, 1.165) is 19.4 Å². The predicted molar refractivity (Wildman–Crippen MR) is 66.6 cm³/mol. The number of alkyl carbamates (subject to hydrolysis) is 1. The molecule has 96 valence electrons. The third-order valence-corrected chi connectivity index (χ3v) is 2.00. The Morgan fingerprint density at radius 3 is 2.38 bits per heavy atom. The first-order valence-electron chi connectivity index (χ1n) is 5.84. The lowest BCUT2D eigenvalue weighted by molar-refractivity contribution is 0.0934. The fraction of sp³-hybridized carbons (Fsp3) is 0.917. The van der Waals surface area contributed by atoms with E-state index in [9.17, 15) is 4.79 Å². The number of nitrogens with one attached hydrogen (secondary N) is 1. The SMILES string of the molecule is CC(CCCN(C)C)OC(=O)NC(C)(C)C. The first-order chi connectivity index (χ1) is 7.20. The van der Waals surface area contributed by atoms with Gasteiger partial charge in [0, 0.05) is 5.54 Å². The molecule has 0 saturated carbocycles. The van der Waals surface area contributed by atoms with Gasteiger partial charge >= 0.3 is 6.09 Å². The van der Waals surface area contributed by atoms with E-state index in [1.54, 1.807) is 0 Å². The highest BCUT2D eigenvalue weighted by molar-refractivity contribution is 5.68. The highest BCUT2D eigenvalue weighted by atomic mass is 16.6. The molecule has 4 nitrogen and oxygen atoms in total. The molecule has 0 aromatic carbocycles. The van der Waals surface area contributed by atoms with Crippen molar-refractivity contribution in [2.75, 3.05) is 20.6 Å². The lowest BCUT2D eigenvalue weighted by atomic mass is 10.1. The van der Waals surface area contributed by atoms with Crippen LogP contribution in [0.15, 0.2) is 0 Å². The van der Waals surface area contributed by atoms with Crippen molar-refractivity contribution in [2.45, 2.75) is 52.2 Å². The van der Waals surface area contributed by atoms with Gasteiger partial charge in [-0.1, -0.05) is 0 Å². The largest absolute Gasteiger partial charge is 0.447 e. The first-order valence-corrected chi connectivity index (χ1v) is 5.84. The molecule has 0 heterocycles. The summed E-state index contributed by atoms with van der Waals surface area (Å²) in [6.45, 7) is 8.76. The minimum absolute atomic E-state index is 0.0256. The molecular weight excluding hydrogens is 204 g/mol. The van der Waals surface area contributed by atoms with Crippen LogP contribution in [0.5, 0.6) is 0 Å². The molecular formula is C12H26N2O2. The van der Waals surface area contributed by atoms with Gasteiger partial charge in [-0.05, 0) is 61.2 Å². The van der Waals surface area contributed by atoms with Crippen LogP contribution in [0.25, 0.3) is 0 Å². The Labute approximate surface area is 99.3 Å². The summed E-state index contributed by atoms with van der Waals surface area (Å²) in [6, 6.07) is 0. The van der Waals surface area contributed by atoms with Crippen LogP contribution >= 0.6 is 0 Å². The zero-order chi connectivity index (χ0) is 12.8. The Balaban J connectivity index is 3.70. The van der Waals surface area contributed by atoms with Crippen molar-refractivity contribution in [2.24, 2.45) is 0 Å². The summed E-state index contributed by atoms with van der Waals surface area (Å²) in [5.74, 6) is 0. The number of carbonyl (C=O) groups excluding carboxylic acids is 1. The molecule has 0 aromatic rings. The van der Waals surface area contributed by atoms with E-state index in [-0.39, 0.29) is 17.7 Å². The summed E-state index contributed by atoms with van der Waals surface area (Å²) >= 11 is 0. The molecule has 1 unspecified atom stereocenters. The Morgan fingerprint density at radius 2 is 1.94 bits per heavy atom. The van der Waals surface area contributed by atoms with Gasteiger partial charge in [-0.2, -0.15) is 0 Å². The standard InChI is InChI=1S/C12H26N2O2/c1-10(8-7-9-14(5)6)16-11(15)13-12(2,3)4/h10H,7-9H2,1-6H3,(H,13,15). The van der Waals surface area contributed by atoms with E-state index in [0.29, 0.717) is 0 Å². The van der Waals surface area contributed by atoms with Crippen LogP contribution < -0.4 is 5.32 Å². The number of carbonyl (C=O) groups is 1. The minimum Gasteiger partial charge on any atom is -0.447 e. The summed E-state index contributed by atoms with van der Waals surface area (Å²) in [7, 11) is 4.08. The highest BCUT2D eigenvalue weighted by Gasteiger charge is 2.16. The van der Waals surface area contributed by atoms with Crippen LogP contribution in [-0.2, 0) is 4.74 Å². The molecule has 0 aliphatic rings. The van der Waals surface area contributed by atoms with Crippen LogP contribution in [0.4, 0.5) is 4.79 Å². The lowest BCUT2D eigenvalue weighted by Gasteiger charge is -2.22. The van der Waals surface area contributed by atoms with Gasteiger partial charge in [-0.15, -0.1) is 0 Å². The molecule has 0 fully saturated rings. The number of rotatable bonds is 5. The number of nitrogens with zero attached hydrogens (tertiary/aromatic N) is 1. The lowest BCUT2D eigenvalue weighted by Crippen LogP contribution is -2.42. The van der Waals surface area contributed by atoms with E-state index in [4.69, 9.17) is 4.74 Å². The average molecular weight is 230 g/mol. The van der Waals surface area contributed by atoms with Gasteiger partial charge in [-0.25, -0.2) is 4.79 Å². The van der Waals surface area contributed by atoms with Gasteiger partial charge < -0.3 is 15.0 Å². The molecule has 4 heteroatoms. The topological polar surface area (TPSA) is 41.6 Å². The highest BCUT2D eigenvalue weighted by Crippen LogP contribution is 2.05. The molecule has 0 spiro atoms. The fourth-order valence-electron chi connectivity index (χ4n) is 1.27. The van der Waals surface area contributed by atoms with Gasteiger partial charge in [0.2, 0.25) is 0 Å². The van der Waals surface area contributed by atoms with Crippen LogP contribution in [0.1, 0.15) is 40.5 Å². The molecule has 0 aliphatic heterocycles. The summed E-state index contributed by atoms with van der Waals surface area (Å²) in [6.07, 6.45) is 1.58. The van der Waals surface area contributed by atoms with Crippen molar-refractivity contribution in [1.82, 2.24) is 10.2 Å². The molecule has 0 aliphatic carbocycles. The second-order valence-electron chi connectivity index (χ2n) is 5.54. The maximum Gasteiger partial charge on any atom is 0.407 e. The number of hydrogen-bond donors (Lipinski definition) is 1. The zero-order valence-electron chi connectivity index (χ0n) is 11.5. The second kappa shape index (κ2) is 6.74. The van der Waals surface area contributed by atoms with Gasteiger partial charge in [0.15, 0.2) is 0 Å². The van der Waals surface area contributed by atoms with Crippen molar-refractivity contribution >= 4 is 6.09 Å². The predicted octanol–water partition coefficient (Wildman–Crippen LogP) is 2.24. The molecule has 16 heavy (non-hydrogen) atoms. The zero-order valence-corrected chi connectivity index (χ0v) is 11.5. The number of ether oxygens (including phenoxy) is 1. The molecule has 1 amide bonds. The Morgan fingerprint density at radius 1 is 1.38 bits per heavy atom. The molecule has 0 saturated heterocycles. The number of hydrogen-bond acceptors (Lipinski definition) is 3. The minimum atomic E-state index is -0.329. The Hall–Kier alpha value is -0.770. The fourth-order valence-corrected chi connectivity index (χ4v) is 1.27. The Bertz CT molecular complexity index is 210. The summed E-state index contributed by atoms with van der Waals surface area (Å²) in [5.41, 5.74) is -0.236. The van der Waals surface area contributed by atoms with Crippen LogP contribution in [-0.4, -0.2) is 43.3 Å². The van der Waals surface area contributed by atoms with Gasteiger partial charge in [0.25, 0.3) is 0 Å². The van der Waals surface area contributed by atoms with Crippen LogP contribution in [0, 0.1) is 0 Å². The monoisotopic (exact) mass is 230 g/mol. The maximum atomic E-state index is 11.4. The number of amides is 1. The van der Waals surface area contributed by atoms with E-state index < -0.39 is 0 Å².